The van der Waals surface area contributed by atoms with Gasteiger partial charge < -0.3 is 19.8 Å². The predicted octanol–water partition coefficient (Wildman–Crippen LogP) is 13.4. The first-order chi connectivity index (χ1) is 28.0. The number of rotatable bonds is 42. The number of unbranched alkanes of at least 4 members (excludes halogenated alkanes) is 21. The van der Waals surface area contributed by atoms with Crippen molar-refractivity contribution in [1.29, 1.82) is 0 Å². The number of hydrogen-bond donors (Lipinski definition) is 3. The Bertz CT molecular complexity index is 1130. The number of carbonyl (C=O) groups is 1. The Labute approximate surface area is 358 Å². The fourth-order valence-corrected chi connectivity index (χ4v) is 7.13. The molecule has 0 bridgehead atoms. The van der Waals surface area contributed by atoms with Gasteiger partial charge in [0, 0.05) is 6.42 Å². The number of carbonyl (C=O) groups excluding carboxylic acids is 1. The molecule has 0 radical (unpaired) electrons. The van der Waals surface area contributed by atoms with E-state index in [0.717, 1.165) is 57.8 Å². The lowest BCUT2D eigenvalue weighted by Gasteiger charge is -2.25. The van der Waals surface area contributed by atoms with Gasteiger partial charge in [-0.1, -0.05) is 171 Å². The highest BCUT2D eigenvalue weighted by Crippen LogP contribution is 2.43. The summed E-state index contributed by atoms with van der Waals surface area (Å²) < 4.78 is 23.5. The molecule has 0 saturated carbocycles. The molecular formula is C49H92N2O6P+. The molecule has 0 aromatic carbocycles. The van der Waals surface area contributed by atoms with Gasteiger partial charge in [0.2, 0.25) is 5.91 Å². The highest BCUT2D eigenvalue weighted by atomic mass is 31.2. The zero-order valence-corrected chi connectivity index (χ0v) is 39.2. The zero-order valence-electron chi connectivity index (χ0n) is 38.3. The molecule has 3 unspecified atom stereocenters. The maximum Gasteiger partial charge on any atom is 0.472 e. The lowest BCUT2D eigenvalue weighted by molar-refractivity contribution is -0.870. The summed E-state index contributed by atoms with van der Waals surface area (Å²) in [5.41, 5.74) is 0. The van der Waals surface area contributed by atoms with Gasteiger partial charge in [0.15, 0.2) is 0 Å². The van der Waals surface area contributed by atoms with Crippen LogP contribution in [0, 0.1) is 0 Å². The van der Waals surface area contributed by atoms with Crippen LogP contribution in [0.1, 0.15) is 194 Å². The number of phosphoric ester groups is 1. The summed E-state index contributed by atoms with van der Waals surface area (Å²) in [6, 6.07) is -0.871. The molecule has 0 rings (SSSR count). The van der Waals surface area contributed by atoms with E-state index in [0.29, 0.717) is 17.4 Å². The van der Waals surface area contributed by atoms with Gasteiger partial charge in [-0.2, -0.15) is 0 Å². The molecule has 0 spiro atoms. The standard InChI is InChI=1S/C49H91N2O6P/c1-6-8-10-12-14-16-18-20-21-22-23-24-25-26-27-28-29-31-33-35-37-39-41-43-49(53)50-47(46-57-58(54,55)56-45-44-51(3,4)5)48(52)42-40-38-36-34-32-30-19-17-15-13-11-9-7-2/h15,17-18,20,22-23,32,34,40,42,47-48,52H,6-14,16,19,21,24-31,33,35-39,41,43-46H2,1-5H3,(H-,50,53,54,55)/p+1/b17-15+,20-18-,23-22-,34-32+,42-40+. The third-order valence-electron chi connectivity index (χ3n) is 10.2. The highest BCUT2D eigenvalue weighted by molar-refractivity contribution is 7.47. The van der Waals surface area contributed by atoms with Gasteiger partial charge in [0.1, 0.15) is 13.2 Å². The average molecular weight is 836 g/mol. The molecule has 0 heterocycles. The minimum absolute atomic E-state index is 0.0511. The predicted molar refractivity (Wildman–Crippen MR) is 249 cm³/mol. The monoisotopic (exact) mass is 836 g/mol. The lowest BCUT2D eigenvalue weighted by atomic mass is 10.0. The first-order valence-electron chi connectivity index (χ1n) is 23.7. The minimum Gasteiger partial charge on any atom is -0.387 e. The summed E-state index contributed by atoms with van der Waals surface area (Å²) >= 11 is 0. The van der Waals surface area contributed by atoms with E-state index in [2.05, 4.69) is 67.8 Å². The van der Waals surface area contributed by atoms with Crippen LogP contribution in [0.25, 0.3) is 0 Å². The zero-order chi connectivity index (χ0) is 42.8. The number of nitrogens with one attached hydrogen (secondary N) is 1. The number of aliphatic hydroxyl groups excluding tert-OH is 1. The summed E-state index contributed by atoms with van der Waals surface area (Å²) in [5, 5.41) is 13.8. The molecule has 3 atom stereocenters. The van der Waals surface area contributed by atoms with Crippen molar-refractivity contribution in [3.8, 4) is 0 Å². The number of likely N-dealkylation sites (N-methyl/N-ethyl adjacent to an activating group) is 1. The lowest BCUT2D eigenvalue weighted by Crippen LogP contribution is -2.45. The van der Waals surface area contributed by atoms with Crippen molar-refractivity contribution >= 4 is 13.7 Å². The van der Waals surface area contributed by atoms with Crippen molar-refractivity contribution in [2.24, 2.45) is 0 Å². The molecule has 3 N–H and O–H groups in total. The second-order valence-electron chi connectivity index (χ2n) is 17.1. The Kier molecular flexibility index (Phi) is 39.3. The number of quaternary nitrogens is 1. The van der Waals surface area contributed by atoms with Crippen molar-refractivity contribution in [2.75, 3.05) is 40.9 Å². The van der Waals surface area contributed by atoms with Crippen LogP contribution >= 0.6 is 7.82 Å². The number of amides is 1. The maximum absolute atomic E-state index is 12.9. The quantitative estimate of drug-likeness (QED) is 0.0245. The number of nitrogens with zero attached hydrogens (tertiary/aromatic N) is 1. The first-order valence-corrected chi connectivity index (χ1v) is 25.2. The van der Waals surface area contributed by atoms with Gasteiger partial charge in [-0.25, -0.2) is 4.57 Å². The normalized spacial score (nSPS) is 14.8. The summed E-state index contributed by atoms with van der Waals surface area (Å²) in [5.74, 6) is -0.196. The van der Waals surface area contributed by atoms with Gasteiger partial charge in [0.05, 0.1) is 39.9 Å². The van der Waals surface area contributed by atoms with Crippen LogP contribution in [0.5, 0.6) is 0 Å². The molecular weight excluding hydrogens is 744 g/mol. The average Bonchev–Trinajstić information content (AvgIpc) is 3.17. The van der Waals surface area contributed by atoms with Crippen LogP contribution in [0.4, 0.5) is 0 Å². The summed E-state index contributed by atoms with van der Waals surface area (Å²) in [4.78, 5) is 23.1. The van der Waals surface area contributed by atoms with Gasteiger partial charge in [-0.15, -0.1) is 0 Å². The van der Waals surface area contributed by atoms with Crippen molar-refractivity contribution < 1.29 is 32.9 Å². The molecule has 9 heteroatoms. The fourth-order valence-electron chi connectivity index (χ4n) is 6.40. The molecule has 0 aromatic heterocycles. The van der Waals surface area contributed by atoms with E-state index in [1.54, 1.807) is 6.08 Å². The van der Waals surface area contributed by atoms with Crippen molar-refractivity contribution in [1.82, 2.24) is 5.32 Å². The Balaban J connectivity index is 4.34. The SMILES string of the molecule is CCCCC/C=C/CC/C=C/CC/C=C/C(O)C(COP(=O)(O)OCC[N+](C)(C)C)NC(=O)CCCCCCCCCCCCC/C=C\C/C=C\CCCCCCC. The molecule has 0 saturated heterocycles. The Hall–Kier alpha value is -1.80. The van der Waals surface area contributed by atoms with E-state index in [1.807, 2.05) is 27.2 Å². The largest absolute Gasteiger partial charge is 0.472 e. The second kappa shape index (κ2) is 40.6. The Morgan fingerprint density at radius 1 is 0.586 bits per heavy atom. The van der Waals surface area contributed by atoms with E-state index >= 15 is 0 Å². The maximum atomic E-state index is 12.9. The first kappa shape index (κ1) is 56.2. The van der Waals surface area contributed by atoms with E-state index in [-0.39, 0.29) is 19.1 Å². The molecule has 58 heavy (non-hydrogen) atoms. The van der Waals surface area contributed by atoms with Crippen LogP contribution in [0.2, 0.25) is 0 Å². The highest BCUT2D eigenvalue weighted by Gasteiger charge is 2.27. The van der Waals surface area contributed by atoms with Crippen molar-refractivity contribution in [2.45, 2.75) is 206 Å². The van der Waals surface area contributed by atoms with Crippen LogP contribution < -0.4 is 5.32 Å². The van der Waals surface area contributed by atoms with Gasteiger partial charge in [-0.05, 0) is 77.0 Å². The topological polar surface area (TPSA) is 105 Å². The molecule has 8 nitrogen and oxygen atoms in total. The van der Waals surface area contributed by atoms with E-state index in [4.69, 9.17) is 9.05 Å². The molecule has 0 aliphatic heterocycles. The van der Waals surface area contributed by atoms with Crippen LogP contribution in [-0.4, -0.2) is 73.4 Å². The van der Waals surface area contributed by atoms with Gasteiger partial charge >= 0.3 is 7.82 Å². The molecule has 0 aliphatic rings. The third-order valence-corrected chi connectivity index (χ3v) is 11.2. The Morgan fingerprint density at radius 3 is 1.52 bits per heavy atom. The molecule has 1 amide bonds. The minimum atomic E-state index is -4.35. The van der Waals surface area contributed by atoms with Crippen molar-refractivity contribution in [3.63, 3.8) is 0 Å². The summed E-state index contributed by atoms with van der Waals surface area (Å²) in [6.45, 7) is 4.73. The number of hydrogen-bond acceptors (Lipinski definition) is 5. The number of allylic oxidation sites excluding steroid dienone is 9. The van der Waals surface area contributed by atoms with Crippen LogP contribution in [0.15, 0.2) is 60.8 Å². The molecule has 0 fully saturated rings. The fraction of sp³-hybridized carbons (Fsp3) is 0.776. The van der Waals surface area contributed by atoms with E-state index < -0.39 is 20.0 Å². The van der Waals surface area contributed by atoms with E-state index in [1.165, 1.54) is 116 Å². The third kappa shape index (κ3) is 42.3. The van der Waals surface area contributed by atoms with Crippen LogP contribution in [0.3, 0.4) is 0 Å². The Morgan fingerprint density at radius 2 is 1.00 bits per heavy atom. The van der Waals surface area contributed by atoms with Crippen LogP contribution in [-0.2, 0) is 18.4 Å². The van der Waals surface area contributed by atoms with Gasteiger partial charge in [0.25, 0.3) is 0 Å². The smallest absolute Gasteiger partial charge is 0.387 e. The summed E-state index contributed by atoms with van der Waals surface area (Å²) in [6.07, 6.45) is 53.0. The van der Waals surface area contributed by atoms with E-state index in [9.17, 15) is 19.4 Å². The summed E-state index contributed by atoms with van der Waals surface area (Å²) in [7, 11) is 1.54. The molecule has 338 valence electrons. The second-order valence-corrected chi connectivity index (χ2v) is 18.6. The number of phosphoric acid groups is 1. The molecule has 0 aromatic rings. The van der Waals surface area contributed by atoms with Gasteiger partial charge in [-0.3, -0.25) is 13.8 Å². The van der Waals surface area contributed by atoms with Crippen molar-refractivity contribution in [3.05, 3.63) is 60.8 Å². The number of aliphatic hydroxyl groups is 1. The molecule has 0 aliphatic carbocycles.